The van der Waals surface area contributed by atoms with Crippen LogP contribution >= 0.6 is 11.3 Å². The quantitative estimate of drug-likeness (QED) is 0.644. The second kappa shape index (κ2) is 8.62. The SMILES string of the molecule is CCN(C(=O)COC(=O)c1csc(NC(C)=O)n1)c1cccc2ccccc12. The third-order valence-corrected chi connectivity index (χ3v) is 4.76. The van der Waals surface area contributed by atoms with Gasteiger partial charge in [-0.25, -0.2) is 9.78 Å². The number of ether oxygens (including phenoxy) is 1. The van der Waals surface area contributed by atoms with Crippen molar-refractivity contribution in [3.8, 4) is 0 Å². The molecule has 1 heterocycles. The minimum atomic E-state index is -0.713. The molecular formula is C20H19N3O4S. The minimum Gasteiger partial charge on any atom is -0.451 e. The highest BCUT2D eigenvalue weighted by molar-refractivity contribution is 7.14. The molecule has 144 valence electrons. The predicted octanol–water partition coefficient (Wildman–Crippen LogP) is 3.46. The Hall–Kier alpha value is -3.26. The molecule has 0 saturated heterocycles. The fraction of sp³-hybridized carbons (Fsp3) is 0.200. The maximum Gasteiger partial charge on any atom is 0.358 e. The van der Waals surface area contributed by atoms with Crippen molar-refractivity contribution in [1.82, 2.24) is 4.98 Å². The topological polar surface area (TPSA) is 88.6 Å². The number of hydrogen-bond acceptors (Lipinski definition) is 6. The van der Waals surface area contributed by atoms with Crippen LogP contribution in [0.15, 0.2) is 47.8 Å². The van der Waals surface area contributed by atoms with E-state index in [-0.39, 0.29) is 17.5 Å². The molecular weight excluding hydrogens is 378 g/mol. The molecule has 28 heavy (non-hydrogen) atoms. The molecule has 1 aromatic heterocycles. The van der Waals surface area contributed by atoms with E-state index in [1.165, 1.54) is 12.3 Å². The van der Waals surface area contributed by atoms with E-state index in [0.717, 1.165) is 27.8 Å². The van der Waals surface area contributed by atoms with Crippen LogP contribution in [0.4, 0.5) is 10.8 Å². The Labute approximate surface area is 165 Å². The minimum absolute atomic E-state index is 0.0507. The van der Waals surface area contributed by atoms with E-state index in [0.29, 0.717) is 11.7 Å². The molecule has 0 spiro atoms. The summed E-state index contributed by atoms with van der Waals surface area (Å²) < 4.78 is 5.13. The smallest absolute Gasteiger partial charge is 0.358 e. The number of nitrogens with zero attached hydrogens (tertiary/aromatic N) is 2. The maximum atomic E-state index is 12.7. The van der Waals surface area contributed by atoms with E-state index < -0.39 is 12.6 Å². The fourth-order valence-corrected chi connectivity index (χ4v) is 3.51. The number of aromatic nitrogens is 1. The Kier molecular flexibility index (Phi) is 6.00. The maximum absolute atomic E-state index is 12.7. The molecule has 0 atom stereocenters. The van der Waals surface area contributed by atoms with Crippen LogP contribution in [-0.2, 0) is 14.3 Å². The highest BCUT2D eigenvalue weighted by Crippen LogP contribution is 2.26. The first-order chi connectivity index (χ1) is 13.5. The van der Waals surface area contributed by atoms with Crippen molar-refractivity contribution in [3.05, 3.63) is 53.5 Å². The molecule has 7 nitrogen and oxygen atoms in total. The number of nitrogens with one attached hydrogen (secondary N) is 1. The Bertz CT molecular complexity index is 1030. The zero-order valence-electron chi connectivity index (χ0n) is 15.5. The number of likely N-dealkylation sites (N-methyl/N-ethyl adjacent to an activating group) is 1. The van der Waals surface area contributed by atoms with Gasteiger partial charge in [0.2, 0.25) is 5.91 Å². The van der Waals surface area contributed by atoms with Crippen LogP contribution in [0.2, 0.25) is 0 Å². The van der Waals surface area contributed by atoms with Gasteiger partial charge in [-0.2, -0.15) is 0 Å². The second-order valence-corrected chi connectivity index (χ2v) is 6.79. The third kappa shape index (κ3) is 4.34. The number of anilines is 2. The van der Waals surface area contributed by atoms with Crippen molar-refractivity contribution in [2.75, 3.05) is 23.4 Å². The van der Waals surface area contributed by atoms with Crippen molar-refractivity contribution in [1.29, 1.82) is 0 Å². The first-order valence-electron chi connectivity index (χ1n) is 8.68. The van der Waals surface area contributed by atoms with E-state index in [9.17, 15) is 14.4 Å². The Morgan fingerprint density at radius 3 is 2.64 bits per heavy atom. The average molecular weight is 397 g/mol. The average Bonchev–Trinajstić information content (AvgIpc) is 3.14. The van der Waals surface area contributed by atoms with Crippen molar-refractivity contribution in [2.24, 2.45) is 0 Å². The molecule has 1 N–H and O–H groups in total. The monoisotopic (exact) mass is 397 g/mol. The summed E-state index contributed by atoms with van der Waals surface area (Å²) in [4.78, 5) is 41.4. The number of fused-ring (bicyclic) bond motifs is 1. The molecule has 8 heteroatoms. The summed E-state index contributed by atoms with van der Waals surface area (Å²) in [5, 5.41) is 6.25. The first kappa shape index (κ1) is 19.5. The molecule has 0 unspecified atom stereocenters. The van der Waals surface area contributed by atoms with E-state index in [1.54, 1.807) is 4.90 Å². The summed E-state index contributed by atoms with van der Waals surface area (Å²) in [7, 11) is 0. The summed E-state index contributed by atoms with van der Waals surface area (Å²) in [5.74, 6) is -1.32. The number of amides is 2. The van der Waals surface area contributed by atoms with Crippen LogP contribution < -0.4 is 10.2 Å². The van der Waals surface area contributed by atoms with Gasteiger partial charge in [-0.15, -0.1) is 11.3 Å². The van der Waals surface area contributed by atoms with Crippen molar-refractivity contribution in [3.63, 3.8) is 0 Å². The Balaban J connectivity index is 1.69. The molecule has 0 aliphatic carbocycles. The van der Waals surface area contributed by atoms with Crippen LogP contribution in [0.1, 0.15) is 24.3 Å². The van der Waals surface area contributed by atoms with Crippen LogP contribution in [-0.4, -0.2) is 35.9 Å². The van der Waals surface area contributed by atoms with Gasteiger partial charge >= 0.3 is 5.97 Å². The zero-order chi connectivity index (χ0) is 20.1. The summed E-state index contributed by atoms with van der Waals surface area (Å²) in [6.45, 7) is 3.25. The molecule has 0 aliphatic rings. The molecule has 0 radical (unpaired) electrons. The van der Waals surface area contributed by atoms with E-state index in [4.69, 9.17) is 4.74 Å². The lowest BCUT2D eigenvalue weighted by Gasteiger charge is -2.22. The van der Waals surface area contributed by atoms with Gasteiger partial charge in [0.25, 0.3) is 5.91 Å². The highest BCUT2D eigenvalue weighted by Gasteiger charge is 2.20. The molecule has 0 bridgehead atoms. The number of hydrogen-bond donors (Lipinski definition) is 1. The summed E-state index contributed by atoms with van der Waals surface area (Å²) >= 11 is 1.11. The molecule has 0 saturated carbocycles. The molecule has 0 aliphatic heterocycles. The lowest BCUT2D eigenvalue weighted by atomic mass is 10.1. The van der Waals surface area contributed by atoms with E-state index >= 15 is 0 Å². The third-order valence-electron chi connectivity index (χ3n) is 4.00. The summed E-state index contributed by atoms with van der Waals surface area (Å²) in [6, 6.07) is 13.5. The number of rotatable bonds is 6. The van der Waals surface area contributed by atoms with Gasteiger partial charge in [0.15, 0.2) is 17.4 Å². The normalized spacial score (nSPS) is 10.5. The van der Waals surface area contributed by atoms with E-state index in [2.05, 4.69) is 10.3 Å². The van der Waals surface area contributed by atoms with Crippen LogP contribution in [0.5, 0.6) is 0 Å². The van der Waals surface area contributed by atoms with Crippen LogP contribution in [0.25, 0.3) is 10.8 Å². The zero-order valence-corrected chi connectivity index (χ0v) is 16.3. The Morgan fingerprint density at radius 1 is 1.14 bits per heavy atom. The van der Waals surface area contributed by atoms with Crippen molar-refractivity contribution >= 4 is 50.7 Å². The second-order valence-electron chi connectivity index (χ2n) is 5.93. The van der Waals surface area contributed by atoms with Gasteiger partial charge in [0, 0.05) is 24.2 Å². The molecule has 2 amide bonds. The molecule has 2 aromatic carbocycles. The van der Waals surface area contributed by atoms with Gasteiger partial charge in [0.1, 0.15) is 0 Å². The number of esters is 1. The first-order valence-corrected chi connectivity index (χ1v) is 9.56. The van der Waals surface area contributed by atoms with Crippen LogP contribution in [0.3, 0.4) is 0 Å². The predicted molar refractivity (Wildman–Crippen MR) is 109 cm³/mol. The number of carbonyl (C=O) groups is 3. The van der Waals surface area contributed by atoms with Gasteiger partial charge < -0.3 is 15.0 Å². The molecule has 3 rings (SSSR count). The Morgan fingerprint density at radius 2 is 1.89 bits per heavy atom. The van der Waals surface area contributed by atoms with Crippen molar-refractivity contribution < 1.29 is 19.1 Å². The van der Waals surface area contributed by atoms with Crippen molar-refractivity contribution in [2.45, 2.75) is 13.8 Å². The highest BCUT2D eigenvalue weighted by atomic mass is 32.1. The lowest BCUT2D eigenvalue weighted by Crippen LogP contribution is -2.34. The largest absolute Gasteiger partial charge is 0.451 e. The summed E-state index contributed by atoms with van der Waals surface area (Å²) in [6.07, 6.45) is 0. The van der Waals surface area contributed by atoms with Gasteiger partial charge in [0.05, 0.1) is 5.69 Å². The van der Waals surface area contributed by atoms with Crippen LogP contribution in [0, 0.1) is 0 Å². The summed E-state index contributed by atoms with van der Waals surface area (Å²) in [5.41, 5.74) is 0.818. The standard InChI is InChI=1S/C20H19N3O4S/c1-3-23(17-10-6-8-14-7-4-5-9-15(14)17)18(25)11-27-19(26)16-12-28-20(22-16)21-13(2)24/h4-10,12H,3,11H2,1-2H3,(H,21,22,24). The molecule has 3 aromatic rings. The van der Waals surface area contributed by atoms with Gasteiger partial charge in [-0.1, -0.05) is 36.4 Å². The number of carbonyl (C=O) groups excluding carboxylic acids is 3. The number of benzene rings is 2. The van der Waals surface area contributed by atoms with Gasteiger partial charge in [-0.3, -0.25) is 9.59 Å². The van der Waals surface area contributed by atoms with Gasteiger partial charge in [-0.05, 0) is 18.4 Å². The van der Waals surface area contributed by atoms with E-state index in [1.807, 2.05) is 49.4 Å². The number of thiazole rings is 1. The molecule has 0 fully saturated rings. The lowest BCUT2D eigenvalue weighted by molar-refractivity contribution is -0.121. The fourth-order valence-electron chi connectivity index (χ4n) is 2.78.